The van der Waals surface area contributed by atoms with Crippen LogP contribution in [0, 0.1) is 0 Å². The predicted molar refractivity (Wildman–Crippen MR) is 99.6 cm³/mol. The van der Waals surface area contributed by atoms with Gasteiger partial charge in [-0.2, -0.15) is 0 Å². The summed E-state index contributed by atoms with van der Waals surface area (Å²) >= 11 is 0. The van der Waals surface area contributed by atoms with Crippen LogP contribution in [0.4, 0.5) is 5.69 Å². The molecule has 0 aromatic heterocycles. The van der Waals surface area contributed by atoms with Gasteiger partial charge < -0.3 is 20.1 Å². The lowest BCUT2D eigenvalue weighted by molar-refractivity contribution is -0.151. The standard InChI is InChI=1S/C20H26N2O5/c1-22(20(19(25)26)10-3-2-4-11-20)18(24)14-7-5-8-15(13-14)21-17(23)16-9-6-12-27-16/h5,7-8,13,16H,2-4,6,9-12H2,1H3,(H,21,23)(H,25,26). The molecule has 1 aromatic carbocycles. The maximum atomic E-state index is 13.0. The molecule has 146 valence electrons. The highest BCUT2D eigenvalue weighted by atomic mass is 16.5. The molecule has 1 heterocycles. The van der Waals surface area contributed by atoms with Crippen LogP contribution < -0.4 is 5.32 Å². The fourth-order valence-electron chi connectivity index (χ4n) is 3.95. The quantitative estimate of drug-likeness (QED) is 0.826. The third kappa shape index (κ3) is 3.98. The van der Waals surface area contributed by atoms with E-state index in [-0.39, 0.29) is 11.8 Å². The number of likely N-dealkylation sites (N-methyl/N-ethyl adjacent to an activating group) is 1. The Bertz CT molecular complexity index is 721. The molecule has 7 nitrogen and oxygen atoms in total. The Labute approximate surface area is 158 Å². The molecule has 2 N–H and O–H groups in total. The van der Waals surface area contributed by atoms with Gasteiger partial charge >= 0.3 is 5.97 Å². The largest absolute Gasteiger partial charge is 0.479 e. The Morgan fingerprint density at radius 1 is 1.19 bits per heavy atom. The van der Waals surface area contributed by atoms with Gasteiger partial charge in [0.05, 0.1) is 0 Å². The van der Waals surface area contributed by atoms with Crippen LogP contribution in [0.5, 0.6) is 0 Å². The number of hydrogen-bond acceptors (Lipinski definition) is 4. The van der Waals surface area contributed by atoms with Gasteiger partial charge in [-0.25, -0.2) is 4.79 Å². The molecule has 0 bridgehead atoms. The molecular formula is C20H26N2O5. The van der Waals surface area contributed by atoms with Gasteiger partial charge in [-0.05, 0) is 43.9 Å². The average molecular weight is 374 g/mol. The van der Waals surface area contributed by atoms with Crippen LogP contribution in [-0.2, 0) is 14.3 Å². The molecule has 1 aliphatic heterocycles. The summed E-state index contributed by atoms with van der Waals surface area (Å²) in [5.74, 6) is -1.53. The summed E-state index contributed by atoms with van der Waals surface area (Å²) < 4.78 is 5.37. The van der Waals surface area contributed by atoms with Gasteiger partial charge in [0.2, 0.25) is 0 Å². The third-order valence-corrected chi connectivity index (χ3v) is 5.62. The SMILES string of the molecule is CN(C(=O)c1cccc(NC(=O)C2CCCO2)c1)C1(C(=O)O)CCCCC1. The summed E-state index contributed by atoms with van der Waals surface area (Å²) in [6.07, 6.45) is 4.59. The molecular weight excluding hydrogens is 348 g/mol. The van der Waals surface area contributed by atoms with Crippen molar-refractivity contribution in [1.82, 2.24) is 4.90 Å². The minimum Gasteiger partial charge on any atom is -0.479 e. The Hall–Kier alpha value is -2.41. The van der Waals surface area contributed by atoms with Crippen LogP contribution in [0.2, 0.25) is 0 Å². The highest BCUT2D eigenvalue weighted by Gasteiger charge is 2.45. The van der Waals surface area contributed by atoms with Crippen molar-refractivity contribution in [3.63, 3.8) is 0 Å². The zero-order valence-corrected chi connectivity index (χ0v) is 15.6. The number of aliphatic carboxylic acids is 1. The lowest BCUT2D eigenvalue weighted by atomic mass is 9.80. The predicted octanol–water partition coefficient (Wildman–Crippen LogP) is 2.66. The molecule has 0 radical (unpaired) electrons. The Balaban J connectivity index is 1.76. The molecule has 2 aliphatic rings. The number of carbonyl (C=O) groups is 3. The molecule has 1 aliphatic carbocycles. The molecule has 3 rings (SSSR count). The van der Waals surface area contributed by atoms with E-state index < -0.39 is 17.6 Å². The van der Waals surface area contributed by atoms with E-state index in [4.69, 9.17) is 4.74 Å². The van der Waals surface area contributed by atoms with E-state index in [0.29, 0.717) is 37.1 Å². The van der Waals surface area contributed by atoms with E-state index in [0.717, 1.165) is 25.7 Å². The first kappa shape index (κ1) is 19.4. The molecule has 27 heavy (non-hydrogen) atoms. The van der Waals surface area contributed by atoms with Gasteiger partial charge in [-0.15, -0.1) is 0 Å². The molecule has 7 heteroatoms. The summed E-state index contributed by atoms with van der Waals surface area (Å²) in [5.41, 5.74) is -0.302. The van der Waals surface area contributed by atoms with Gasteiger partial charge in [-0.1, -0.05) is 25.3 Å². The van der Waals surface area contributed by atoms with Crippen LogP contribution in [0.3, 0.4) is 0 Å². The highest BCUT2D eigenvalue weighted by molar-refractivity contribution is 6.00. The molecule has 1 aromatic rings. The Morgan fingerprint density at radius 3 is 2.56 bits per heavy atom. The van der Waals surface area contributed by atoms with Crippen molar-refractivity contribution in [3.8, 4) is 0 Å². The smallest absolute Gasteiger partial charge is 0.329 e. The molecule has 0 spiro atoms. The number of ether oxygens (including phenoxy) is 1. The summed E-state index contributed by atoms with van der Waals surface area (Å²) in [6, 6.07) is 6.61. The summed E-state index contributed by atoms with van der Waals surface area (Å²) in [6.45, 7) is 0.582. The normalized spacial score (nSPS) is 21.4. The summed E-state index contributed by atoms with van der Waals surface area (Å²) in [7, 11) is 1.55. The second kappa shape index (κ2) is 8.08. The van der Waals surface area contributed by atoms with Crippen molar-refractivity contribution in [2.75, 3.05) is 19.0 Å². The van der Waals surface area contributed by atoms with E-state index in [1.54, 1.807) is 31.3 Å². The van der Waals surface area contributed by atoms with Crippen LogP contribution in [0.25, 0.3) is 0 Å². The maximum Gasteiger partial charge on any atom is 0.329 e. The number of amides is 2. The number of anilines is 1. The van der Waals surface area contributed by atoms with Crippen LogP contribution in [-0.4, -0.2) is 53.1 Å². The van der Waals surface area contributed by atoms with Crippen LogP contribution in [0.15, 0.2) is 24.3 Å². The molecule has 1 atom stereocenters. The lowest BCUT2D eigenvalue weighted by Gasteiger charge is -2.41. The number of nitrogens with zero attached hydrogens (tertiary/aromatic N) is 1. The summed E-state index contributed by atoms with van der Waals surface area (Å²) in [5, 5.41) is 12.6. The van der Waals surface area contributed by atoms with Crippen molar-refractivity contribution in [3.05, 3.63) is 29.8 Å². The highest BCUT2D eigenvalue weighted by Crippen LogP contribution is 2.34. The second-order valence-corrected chi connectivity index (χ2v) is 7.33. The number of carboxylic acids is 1. The van der Waals surface area contributed by atoms with Gasteiger partial charge in [0, 0.05) is 24.9 Å². The Morgan fingerprint density at radius 2 is 1.93 bits per heavy atom. The number of carbonyl (C=O) groups excluding carboxylic acids is 2. The van der Waals surface area contributed by atoms with E-state index in [9.17, 15) is 19.5 Å². The number of nitrogens with one attached hydrogen (secondary N) is 1. The number of benzene rings is 1. The molecule has 1 saturated heterocycles. The molecule has 2 amide bonds. The van der Waals surface area contributed by atoms with E-state index >= 15 is 0 Å². The average Bonchev–Trinajstić information content (AvgIpc) is 3.22. The first-order valence-electron chi connectivity index (χ1n) is 9.48. The molecule has 1 unspecified atom stereocenters. The van der Waals surface area contributed by atoms with E-state index in [1.807, 2.05) is 0 Å². The Kier molecular flexibility index (Phi) is 5.79. The van der Waals surface area contributed by atoms with E-state index in [1.165, 1.54) is 4.90 Å². The molecule has 2 fully saturated rings. The first-order chi connectivity index (χ1) is 12.9. The second-order valence-electron chi connectivity index (χ2n) is 7.33. The lowest BCUT2D eigenvalue weighted by Crippen LogP contribution is -2.56. The number of rotatable bonds is 5. The fraction of sp³-hybridized carbons (Fsp3) is 0.550. The van der Waals surface area contributed by atoms with Crippen molar-refractivity contribution in [2.24, 2.45) is 0 Å². The van der Waals surface area contributed by atoms with Gasteiger partial charge in [0.15, 0.2) is 0 Å². The van der Waals surface area contributed by atoms with Gasteiger partial charge in [0.25, 0.3) is 11.8 Å². The van der Waals surface area contributed by atoms with Gasteiger partial charge in [0.1, 0.15) is 11.6 Å². The monoisotopic (exact) mass is 374 g/mol. The van der Waals surface area contributed by atoms with Crippen molar-refractivity contribution in [2.45, 2.75) is 56.6 Å². The molecule has 1 saturated carbocycles. The van der Waals surface area contributed by atoms with Gasteiger partial charge in [-0.3, -0.25) is 9.59 Å². The minimum atomic E-state index is -1.16. The zero-order valence-electron chi connectivity index (χ0n) is 15.6. The van der Waals surface area contributed by atoms with Crippen molar-refractivity contribution >= 4 is 23.5 Å². The minimum absolute atomic E-state index is 0.222. The first-order valence-corrected chi connectivity index (χ1v) is 9.48. The van der Waals surface area contributed by atoms with Crippen molar-refractivity contribution in [1.29, 1.82) is 0 Å². The fourth-order valence-corrected chi connectivity index (χ4v) is 3.95. The van der Waals surface area contributed by atoms with Crippen LogP contribution >= 0.6 is 0 Å². The zero-order chi connectivity index (χ0) is 19.4. The van der Waals surface area contributed by atoms with Crippen molar-refractivity contribution < 1.29 is 24.2 Å². The third-order valence-electron chi connectivity index (χ3n) is 5.62. The van der Waals surface area contributed by atoms with E-state index in [2.05, 4.69) is 5.32 Å². The topological polar surface area (TPSA) is 95.9 Å². The summed E-state index contributed by atoms with van der Waals surface area (Å²) in [4.78, 5) is 38.5. The number of carboxylic acid groups (broad SMARTS) is 1. The maximum absolute atomic E-state index is 13.0. The van der Waals surface area contributed by atoms with Crippen LogP contribution in [0.1, 0.15) is 55.3 Å². The number of hydrogen-bond donors (Lipinski definition) is 2.